The van der Waals surface area contributed by atoms with Gasteiger partial charge in [-0.1, -0.05) is 13.8 Å². The summed E-state index contributed by atoms with van der Waals surface area (Å²) in [6, 6.07) is -0.0193. The van der Waals surface area contributed by atoms with Crippen LogP contribution in [0.1, 0.15) is 52.4 Å². The molecule has 0 aromatic rings. The summed E-state index contributed by atoms with van der Waals surface area (Å²) in [5.74, 6) is -0.0871. The van der Waals surface area contributed by atoms with Crippen molar-refractivity contribution in [1.29, 1.82) is 0 Å². The van der Waals surface area contributed by atoms with Gasteiger partial charge in [0.25, 0.3) is 0 Å². The molecule has 3 rings (SSSR count). The number of hydrogen-bond donors (Lipinski definition) is 2. The Morgan fingerprint density at radius 1 is 1.15 bits per heavy atom. The van der Waals surface area contributed by atoms with Crippen LogP contribution in [0.2, 0.25) is 0 Å². The van der Waals surface area contributed by atoms with Crippen molar-refractivity contribution in [1.82, 2.24) is 15.1 Å². The van der Waals surface area contributed by atoms with Crippen molar-refractivity contribution in [3.8, 4) is 0 Å². The number of amides is 3. The van der Waals surface area contributed by atoms with Crippen LogP contribution in [0.5, 0.6) is 0 Å². The van der Waals surface area contributed by atoms with Gasteiger partial charge in [-0.2, -0.15) is 0 Å². The van der Waals surface area contributed by atoms with Crippen molar-refractivity contribution in [3.05, 3.63) is 0 Å². The normalized spacial score (nSPS) is 26.9. The molecule has 7 nitrogen and oxygen atoms in total. The van der Waals surface area contributed by atoms with E-state index in [1.807, 2.05) is 9.80 Å². The zero-order valence-corrected chi connectivity index (χ0v) is 16.6. The van der Waals surface area contributed by atoms with Crippen molar-refractivity contribution in [2.24, 2.45) is 23.2 Å². The van der Waals surface area contributed by atoms with Crippen molar-refractivity contribution in [3.63, 3.8) is 0 Å². The van der Waals surface area contributed by atoms with E-state index < -0.39 is 5.97 Å². The first-order chi connectivity index (χ1) is 12.8. The highest BCUT2D eigenvalue weighted by Crippen LogP contribution is 2.59. The Morgan fingerprint density at radius 3 is 2.44 bits per heavy atom. The monoisotopic (exact) mass is 379 g/mol. The van der Waals surface area contributed by atoms with Gasteiger partial charge in [0, 0.05) is 39.1 Å². The second kappa shape index (κ2) is 8.07. The molecular formula is C20H33N3O4. The lowest BCUT2D eigenvalue weighted by atomic mass is 9.89. The standard InChI is InChI=1S/C20H33N3O4/c1-14(2)12-21-19(27)23-7-3-4-15(13-23)10-17(24)22-8-5-20(6-9-22)11-16(20)18(25)26/h14-16H,3-13H2,1-2H3,(H,21,27)(H,25,26). The quantitative estimate of drug-likeness (QED) is 0.766. The smallest absolute Gasteiger partial charge is 0.317 e. The maximum absolute atomic E-state index is 12.7. The van der Waals surface area contributed by atoms with Gasteiger partial charge in [0.1, 0.15) is 0 Å². The first-order valence-electron chi connectivity index (χ1n) is 10.3. The highest BCUT2D eigenvalue weighted by Gasteiger charge is 2.59. The number of aliphatic carboxylic acids is 1. The van der Waals surface area contributed by atoms with E-state index in [-0.39, 0.29) is 29.2 Å². The van der Waals surface area contributed by atoms with Crippen LogP contribution in [0.4, 0.5) is 4.79 Å². The topological polar surface area (TPSA) is 90.0 Å². The fraction of sp³-hybridized carbons (Fsp3) is 0.850. The van der Waals surface area contributed by atoms with Crippen LogP contribution >= 0.6 is 0 Å². The zero-order chi connectivity index (χ0) is 19.6. The van der Waals surface area contributed by atoms with Crippen LogP contribution in [0.3, 0.4) is 0 Å². The van der Waals surface area contributed by atoms with Crippen LogP contribution in [-0.2, 0) is 9.59 Å². The Kier molecular flexibility index (Phi) is 5.96. The molecule has 2 saturated heterocycles. The number of piperidine rings is 2. The highest BCUT2D eigenvalue weighted by molar-refractivity contribution is 5.78. The minimum atomic E-state index is -0.687. The lowest BCUT2D eigenvalue weighted by molar-refractivity contribution is -0.140. The van der Waals surface area contributed by atoms with E-state index in [0.29, 0.717) is 38.5 Å². The van der Waals surface area contributed by atoms with E-state index >= 15 is 0 Å². The van der Waals surface area contributed by atoms with E-state index in [1.54, 1.807) is 0 Å². The molecular weight excluding hydrogens is 346 g/mol. The summed E-state index contributed by atoms with van der Waals surface area (Å²) in [7, 11) is 0. The molecule has 0 radical (unpaired) electrons. The fourth-order valence-corrected chi connectivity index (χ4v) is 4.65. The summed E-state index contributed by atoms with van der Waals surface area (Å²) in [5.41, 5.74) is -0.0429. The number of carbonyl (C=O) groups excluding carboxylic acids is 2. The molecule has 2 aliphatic heterocycles. The van der Waals surface area contributed by atoms with Gasteiger partial charge >= 0.3 is 12.0 Å². The van der Waals surface area contributed by atoms with Gasteiger partial charge in [-0.05, 0) is 49.4 Å². The number of carbonyl (C=O) groups is 3. The molecule has 2 N–H and O–H groups in total. The predicted octanol–water partition coefficient (Wildman–Crippen LogP) is 2.17. The van der Waals surface area contributed by atoms with Gasteiger partial charge in [0.15, 0.2) is 0 Å². The van der Waals surface area contributed by atoms with Crippen LogP contribution in [0.25, 0.3) is 0 Å². The molecule has 27 heavy (non-hydrogen) atoms. The van der Waals surface area contributed by atoms with E-state index in [0.717, 1.165) is 38.6 Å². The predicted molar refractivity (Wildman–Crippen MR) is 101 cm³/mol. The number of urea groups is 1. The molecule has 1 spiro atoms. The number of carboxylic acid groups (broad SMARTS) is 1. The molecule has 3 fully saturated rings. The first-order valence-corrected chi connectivity index (χ1v) is 10.3. The Labute approximate surface area is 161 Å². The minimum Gasteiger partial charge on any atom is -0.481 e. The maximum Gasteiger partial charge on any atom is 0.317 e. The average Bonchev–Trinajstić information content (AvgIpc) is 3.34. The lowest BCUT2D eigenvalue weighted by Crippen LogP contribution is -2.47. The molecule has 7 heteroatoms. The van der Waals surface area contributed by atoms with Crippen molar-refractivity contribution in [2.75, 3.05) is 32.7 Å². The van der Waals surface area contributed by atoms with Crippen molar-refractivity contribution in [2.45, 2.75) is 52.4 Å². The Hall–Kier alpha value is -1.79. The molecule has 1 saturated carbocycles. The van der Waals surface area contributed by atoms with E-state index in [2.05, 4.69) is 19.2 Å². The molecule has 1 aliphatic carbocycles. The second-order valence-corrected chi connectivity index (χ2v) is 9.08. The van der Waals surface area contributed by atoms with Gasteiger partial charge in [-0.25, -0.2) is 4.79 Å². The first kappa shape index (κ1) is 20.0. The number of nitrogens with one attached hydrogen (secondary N) is 1. The molecule has 152 valence electrons. The number of rotatable bonds is 5. The molecule has 2 unspecified atom stereocenters. The van der Waals surface area contributed by atoms with Gasteiger partial charge in [0.05, 0.1) is 5.92 Å². The van der Waals surface area contributed by atoms with Gasteiger partial charge in [-0.15, -0.1) is 0 Å². The second-order valence-electron chi connectivity index (χ2n) is 9.08. The summed E-state index contributed by atoms with van der Waals surface area (Å²) in [6.07, 6.45) is 4.81. The van der Waals surface area contributed by atoms with Gasteiger partial charge < -0.3 is 20.2 Å². The molecule has 0 aromatic carbocycles. The van der Waals surface area contributed by atoms with E-state index in [1.165, 1.54) is 0 Å². The van der Waals surface area contributed by atoms with Crippen LogP contribution in [-0.4, -0.2) is 65.5 Å². The largest absolute Gasteiger partial charge is 0.481 e. The van der Waals surface area contributed by atoms with Crippen LogP contribution in [0, 0.1) is 23.2 Å². The number of carboxylic acids is 1. The lowest BCUT2D eigenvalue weighted by Gasteiger charge is -2.36. The van der Waals surface area contributed by atoms with E-state index in [4.69, 9.17) is 0 Å². The Balaban J connectivity index is 1.43. The third-order valence-electron chi connectivity index (χ3n) is 6.53. The molecule has 3 aliphatic rings. The molecule has 2 atom stereocenters. The van der Waals surface area contributed by atoms with Gasteiger partial charge in [0.2, 0.25) is 5.91 Å². The summed E-state index contributed by atoms with van der Waals surface area (Å²) in [4.78, 5) is 39.9. The fourth-order valence-electron chi connectivity index (χ4n) is 4.65. The third-order valence-corrected chi connectivity index (χ3v) is 6.53. The Bertz CT molecular complexity index is 584. The number of hydrogen-bond acceptors (Lipinski definition) is 3. The van der Waals surface area contributed by atoms with Crippen LogP contribution in [0.15, 0.2) is 0 Å². The summed E-state index contributed by atoms with van der Waals surface area (Å²) < 4.78 is 0. The number of nitrogens with zero attached hydrogens (tertiary/aromatic N) is 2. The summed E-state index contributed by atoms with van der Waals surface area (Å²) in [5, 5.41) is 12.1. The van der Waals surface area contributed by atoms with Crippen LogP contribution < -0.4 is 5.32 Å². The molecule has 2 heterocycles. The van der Waals surface area contributed by atoms with E-state index in [9.17, 15) is 19.5 Å². The maximum atomic E-state index is 12.7. The SMILES string of the molecule is CC(C)CNC(=O)N1CCCC(CC(=O)N2CCC3(CC2)CC3C(=O)O)C1. The van der Waals surface area contributed by atoms with Crippen molar-refractivity contribution < 1.29 is 19.5 Å². The zero-order valence-electron chi connectivity index (χ0n) is 16.6. The summed E-state index contributed by atoms with van der Waals surface area (Å²) >= 11 is 0. The molecule has 0 aromatic heterocycles. The molecule has 0 bridgehead atoms. The van der Waals surface area contributed by atoms with Crippen molar-refractivity contribution >= 4 is 17.9 Å². The third kappa shape index (κ3) is 4.74. The highest BCUT2D eigenvalue weighted by atomic mass is 16.4. The average molecular weight is 380 g/mol. The number of likely N-dealkylation sites (tertiary alicyclic amines) is 2. The Morgan fingerprint density at radius 2 is 1.85 bits per heavy atom. The summed E-state index contributed by atoms with van der Waals surface area (Å²) in [6.45, 7) is 7.57. The minimum absolute atomic E-state index is 0.0193. The van der Waals surface area contributed by atoms with Gasteiger partial charge in [-0.3, -0.25) is 9.59 Å². The molecule has 3 amide bonds.